The van der Waals surface area contributed by atoms with Crippen LogP contribution in [0.3, 0.4) is 0 Å². The molecular formula is C13H11FN4OS. The molecule has 102 valence electrons. The molecule has 2 aromatic rings. The molecule has 1 amide bonds. The van der Waals surface area contributed by atoms with Crippen molar-refractivity contribution < 1.29 is 9.18 Å². The Morgan fingerprint density at radius 2 is 2.20 bits per heavy atom. The van der Waals surface area contributed by atoms with Crippen molar-refractivity contribution in [1.82, 2.24) is 10.2 Å². The first-order valence-corrected chi connectivity index (χ1v) is 6.82. The van der Waals surface area contributed by atoms with E-state index in [-0.39, 0.29) is 5.82 Å². The first-order chi connectivity index (χ1) is 9.65. The summed E-state index contributed by atoms with van der Waals surface area (Å²) in [6.07, 6.45) is 0. The summed E-state index contributed by atoms with van der Waals surface area (Å²) in [6.45, 7) is 1.94. The van der Waals surface area contributed by atoms with Gasteiger partial charge in [0.15, 0.2) is 0 Å². The maximum absolute atomic E-state index is 12.8. The Morgan fingerprint density at radius 3 is 2.80 bits per heavy atom. The van der Waals surface area contributed by atoms with Crippen LogP contribution in [0.5, 0.6) is 0 Å². The Balaban J connectivity index is 2.20. The van der Waals surface area contributed by atoms with Gasteiger partial charge >= 0.3 is 0 Å². The highest BCUT2D eigenvalue weighted by Crippen LogP contribution is 2.25. The van der Waals surface area contributed by atoms with E-state index in [1.165, 1.54) is 36.0 Å². The summed E-state index contributed by atoms with van der Waals surface area (Å²) >= 11 is 1.41. The van der Waals surface area contributed by atoms with Crippen LogP contribution >= 0.6 is 11.8 Å². The topological polar surface area (TPSA) is 81.6 Å². The number of anilines is 1. The number of H-pyrrole nitrogens is 1. The highest BCUT2D eigenvalue weighted by Gasteiger charge is 2.15. The number of thioether (sulfide) groups is 1. The van der Waals surface area contributed by atoms with Crippen LogP contribution < -0.4 is 5.32 Å². The predicted octanol–water partition coefficient (Wildman–Crippen LogP) is 2.78. The molecule has 0 aliphatic heterocycles. The number of aromatic nitrogens is 2. The first-order valence-electron chi connectivity index (χ1n) is 5.84. The molecule has 0 fully saturated rings. The van der Waals surface area contributed by atoms with E-state index in [0.717, 1.165) is 5.75 Å². The minimum atomic E-state index is -0.432. The van der Waals surface area contributed by atoms with E-state index in [0.29, 0.717) is 16.2 Å². The van der Waals surface area contributed by atoms with Gasteiger partial charge in [-0.1, -0.05) is 6.92 Å². The minimum absolute atomic E-state index is 0.248. The number of benzene rings is 1. The fraction of sp³-hybridized carbons (Fsp3) is 0.154. The zero-order valence-electron chi connectivity index (χ0n) is 10.6. The standard InChI is InChI=1S/C13H11FN4OS/c1-2-20-13-10(7-15)11(17-18-13)16-12(19)8-3-5-9(14)6-4-8/h3-6H,2H2,1H3,(H2,16,17,18,19). The molecule has 20 heavy (non-hydrogen) atoms. The zero-order chi connectivity index (χ0) is 14.5. The molecule has 0 aliphatic carbocycles. The van der Waals surface area contributed by atoms with E-state index in [1.54, 1.807) is 0 Å². The van der Waals surface area contributed by atoms with E-state index >= 15 is 0 Å². The van der Waals surface area contributed by atoms with Crippen molar-refractivity contribution in [3.8, 4) is 6.07 Å². The Labute approximate surface area is 119 Å². The summed E-state index contributed by atoms with van der Waals surface area (Å²) in [6, 6.07) is 7.14. The van der Waals surface area contributed by atoms with Crippen molar-refractivity contribution in [2.24, 2.45) is 0 Å². The molecule has 7 heteroatoms. The third-order valence-corrected chi connectivity index (χ3v) is 3.33. The molecule has 1 aromatic carbocycles. The number of amides is 1. The molecule has 1 aromatic heterocycles. The SMILES string of the molecule is CCSc1n[nH]c(NC(=O)c2ccc(F)cc2)c1C#N. The van der Waals surface area contributed by atoms with Crippen LogP contribution in [-0.2, 0) is 0 Å². The number of aromatic amines is 1. The van der Waals surface area contributed by atoms with Crippen LogP contribution in [0.4, 0.5) is 10.2 Å². The van der Waals surface area contributed by atoms with Gasteiger partial charge in [-0.2, -0.15) is 10.4 Å². The first kappa shape index (κ1) is 14.1. The minimum Gasteiger partial charge on any atom is -0.306 e. The molecule has 0 aliphatic rings. The molecule has 0 radical (unpaired) electrons. The van der Waals surface area contributed by atoms with Crippen molar-refractivity contribution in [2.45, 2.75) is 11.9 Å². The number of carbonyl (C=O) groups excluding carboxylic acids is 1. The van der Waals surface area contributed by atoms with E-state index in [4.69, 9.17) is 5.26 Å². The van der Waals surface area contributed by atoms with Crippen LogP contribution in [-0.4, -0.2) is 21.9 Å². The van der Waals surface area contributed by atoms with E-state index in [1.807, 2.05) is 13.0 Å². The molecule has 0 spiro atoms. The van der Waals surface area contributed by atoms with Crippen LogP contribution in [0.15, 0.2) is 29.3 Å². The number of nitrogens with zero attached hydrogens (tertiary/aromatic N) is 2. The van der Waals surface area contributed by atoms with Crippen molar-refractivity contribution >= 4 is 23.5 Å². The molecule has 0 bridgehead atoms. The molecule has 5 nitrogen and oxygen atoms in total. The van der Waals surface area contributed by atoms with Crippen molar-refractivity contribution in [3.63, 3.8) is 0 Å². The lowest BCUT2D eigenvalue weighted by Crippen LogP contribution is -2.13. The summed E-state index contributed by atoms with van der Waals surface area (Å²) in [4.78, 5) is 12.0. The average molecular weight is 290 g/mol. The van der Waals surface area contributed by atoms with Gasteiger partial charge in [-0.05, 0) is 30.0 Å². The van der Waals surface area contributed by atoms with E-state index in [9.17, 15) is 9.18 Å². The Kier molecular flexibility index (Phi) is 4.38. The monoisotopic (exact) mass is 290 g/mol. The van der Waals surface area contributed by atoms with Gasteiger partial charge in [0.25, 0.3) is 5.91 Å². The lowest BCUT2D eigenvalue weighted by Gasteiger charge is -2.03. The molecule has 2 rings (SSSR count). The lowest BCUT2D eigenvalue weighted by molar-refractivity contribution is 0.102. The number of halogens is 1. The molecule has 2 N–H and O–H groups in total. The normalized spacial score (nSPS) is 10.1. The van der Waals surface area contributed by atoms with Crippen LogP contribution in [0, 0.1) is 17.1 Å². The second-order valence-corrected chi connectivity index (χ2v) is 5.04. The van der Waals surface area contributed by atoms with Gasteiger partial charge in [0.1, 0.15) is 28.3 Å². The van der Waals surface area contributed by atoms with E-state index in [2.05, 4.69) is 15.5 Å². The van der Waals surface area contributed by atoms with Crippen molar-refractivity contribution in [1.29, 1.82) is 5.26 Å². The Bertz CT molecular complexity index is 660. The van der Waals surface area contributed by atoms with Gasteiger partial charge in [0.05, 0.1) is 0 Å². The molecule has 0 saturated carbocycles. The maximum Gasteiger partial charge on any atom is 0.256 e. The fourth-order valence-electron chi connectivity index (χ4n) is 1.55. The summed E-state index contributed by atoms with van der Waals surface area (Å²) < 4.78 is 12.8. The number of nitrogens with one attached hydrogen (secondary N) is 2. The summed E-state index contributed by atoms with van der Waals surface area (Å²) in [5.74, 6) is 0.170. The fourth-order valence-corrected chi connectivity index (χ4v) is 2.22. The molecule has 0 atom stereocenters. The largest absolute Gasteiger partial charge is 0.306 e. The highest BCUT2D eigenvalue weighted by molar-refractivity contribution is 7.99. The van der Waals surface area contributed by atoms with Gasteiger partial charge in [-0.25, -0.2) is 4.39 Å². The van der Waals surface area contributed by atoms with Gasteiger partial charge in [-0.3, -0.25) is 9.89 Å². The van der Waals surface area contributed by atoms with Gasteiger partial charge in [-0.15, -0.1) is 11.8 Å². The third-order valence-electron chi connectivity index (χ3n) is 2.47. The number of carbonyl (C=O) groups is 1. The molecule has 0 saturated heterocycles. The Morgan fingerprint density at radius 1 is 1.50 bits per heavy atom. The van der Waals surface area contributed by atoms with Crippen LogP contribution in [0.25, 0.3) is 0 Å². The number of hydrogen-bond acceptors (Lipinski definition) is 4. The summed E-state index contributed by atoms with van der Waals surface area (Å²) in [7, 11) is 0. The van der Waals surface area contributed by atoms with Gasteiger partial charge < -0.3 is 5.32 Å². The number of hydrogen-bond donors (Lipinski definition) is 2. The highest BCUT2D eigenvalue weighted by atomic mass is 32.2. The average Bonchev–Trinajstić information content (AvgIpc) is 2.82. The quantitative estimate of drug-likeness (QED) is 0.848. The Hall–Kier alpha value is -2.33. The predicted molar refractivity (Wildman–Crippen MR) is 74.1 cm³/mol. The third kappa shape index (κ3) is 2.97. The van der Waals surface area contributed by atoms with Crippen LogP contribution in [0.2, 0.25) is 0 Å². The lowest BCUT2D eigenvalue weighted by atomic mass is 10.2. The van der Waals surface area contributed by atoms with Crippen molar-refractivity contribution in [2.75, 3.05) is 11.1 Å². The molecular weight excluding hydrogens is 279 g/mol. The second kappa shape index (κ2) is 6.21. The number of rotatable bonds is 4. The van der Waals surface area contributed by atoms with E-state index < -0.39 is 11.7 Å². The zero-order valence-corrected chi connectivity index (χ0v) is 11.4. The second-order valence-electron chi connectivity index (χ2n) is 3.78. The maximum atomic E-state index is 12.8. The van der Waals surface area contributed by atoms with Crippen molar-refractivity contribution in [3.05, 3.63) is 41.2 Å². The van der Waals surface area contributed by atoms with Crippen LogP contribution in [0.1, 0.15) is 22.8 Å². The summed E-state index contributed by atoms with van der Waals surface area (Å²) in [5, 5.41) is 18.8. The van der Waals surface area contributed by atoms with Gasteiger partial charge in [0.2, 0.25) is 0 Å². The number of nitriles is 1. The molecule has 1 heterocycles. The summed E-state index contributed by atoms with van der Waals surface area (Å²) in [5.41, 5.74) is 0.599. The smallest absolute Gasteiger partial charge is 0.256 e. The van der Waals surface area contributed by atoms with Gasteiger partial charge in [0, 0.05) is 5.56 Å². The molecule has 0 unspecified atom stereocenters.